The second kappa shape index (κ2) is 6.15. The molecule has 4 rings (SSSR count). The van der Waals surface area contributed by atoms with Gasteiger partial charge in [-0.1, -0.05) is 11.8 Å². The summed E-state index contributed by atoms with van der Waals surface area (Å²) in [6.07, 6.45) is 1.65. The van der Waals surface area contributed by atoms with Crippen molar-refractivity contribution < 1.29 is 0 Å². The zero-order valence-electron chi connectivity index (χ0n) is 12.9. The van der Waals surface area contributed by atoms with Gasteiger partial charge in [0.05, 0.1) is 11.1 Å². The Kier molecular flexibility index (Phi) is 3.99. The lowest BCUT2D eigenvalue weighted by Gasteiger charge is -2.01. The number of aromatic amines is 1. The molecule has 0 aliphatic heterocycles. The molecule has 0 saturated heterocycles. The van der Waals surface area contributed by atoms with E-state index in [-0.39, 0.29) is 5.56 Å². The van der Waals surface area contributed by atoms with Crippen LogP contribution in [-0.2, 0) is 12.8 Å². The minimum absolute atomic E-state index is 0.0872. The van der Waals surface area contributed by atoms with Gasteiger partial charge in [0.2, 0.25) is 0 Å². The zero-order chi connectivity index (χ0) is 16.7. The molecule has 4 aromatic heterocycles. The van der Waals surface area contributed by atoms with Gasteiger partial charge < -0.3 is 9.55 Å². The summed E-state index contributed by atoms with van der Waals surface area (Å²) < 4.78 is 1.84. The molecule has 0 fully saturated rings. The van der Waals surface area contributed by atoms with Crippen LogP contribution >= 0.6 is 34.4 Å². The fourth-order valence-corrected chi connectivity index (χ4v) is 5.04. The van der Waals surface area contributed by atoms with Crippen LogP contribution in [0.5, 0.6) is 0 Å². The molecule has 9 heteroatoms. The Labute approximate surface area is 149 Å². The second-order valence-electron chi connectivity index (χ2n) is 5.27. The van der Waals surface area contributed by atoms with Crippen LogP contribution in [0.3, 0.4) is 0 Å². The first-order valence-corrected chi connectivity index (χ1v) is 9.84. The number of hydrogen-bond donors (Lipinski definition) is 1. The first-order chi connectivity index (χ1) is 11.6. The van der Waals surface area contributed by atoms with E-state index in [0.29, 0.717) is 17.0 Å². The molecule has 0 aliphatic rings. The lowest BCUT2D eigenvalue weighted by molar-refractivity contribution is 0.787. The van der Waals surface area contributed by atoms with Crippen molar-refractivity contribution in [1.82, 2.24) is 24.7 Å². The van der Waals surface area contributed by atoms with Crippen LogP contribution in [0, 0.1) is 6.92 Å². The molecular formula is C15H13N5OS3. The standard InChI is InChI=1S/C15H13N5OS3/c1-8-3-4-10(24-8)9-5-22-14-12(9)13(21)17-11(18-14)6-23-15-19-16-7-20(15)2/h3-5,7H,6H2,1-2H3,(H,17,18,21). The molecule has 0 atom stereocenters. The van der Waals surface area contributed by atoms with Crippen molar-refractivity contribution in [3.63, 3.8) is 0 Å². The molecule has 0 bridgehead atoms. The number of H-pyrrole nitrogens is 1. The van der Waals surface area contributed by atoms with E-state index in [1.54, 1.807) is 17.7 Å². The van der Waals surface area contributed by atoms with Gasteiger partial charge in [-0.3, -0.25) is 4.79 Å². The van der Waals surface area contributed by atoms with E-state index in [1.807, 2.05) is 17.0 Å². The average Bonchev–Trinajstić information content (AvgIpc) is 3.25. The Balaban J connectivity index is 1.68. The quantitative estimate of drug-likeness (QED) is 0.553. The first-order valence-electron chi connectivity index (χ1n) is 7.16. The predicted molar refractivity (Wildman–Crippen MR) is 98.9 cm³/mol. The maximum atomic E-state index is 12.6. The maximum absolute atomic E-state index is 12.6. The van der Waals surface area contributed by atoms with Gasteiger partial charge in [-0.15, -0.1) is 32.9 Å². The van der Waals surface area contributed by atoms with E-state index < -0.39 is 0 Å². The van der Waals surface area contributed by atoms with E-state index in [0.717, 1.165) is 20.4 Å². The summed E-state index contributed by atoms with van der Waals surface area (Å²) in [6.45, 7) is 2.06. The van der Waals surface area contributed by atoms with Crippen LogP contribution < -0.4 is 5.56 Å². The Hall–Kier alpha value is -1.97. The molecule has 0 aliphatic carbocycles. The molecule has 1 N–H and O–H groups in total. The molecular weight excluding hydrogens is 362 g/mol. The molecule has 4 heterocycles. The minimum atomic E-state index is -0.0872. The van der Waals surface area contributed by atoms with Crippen LogP contribution in [0.2, 0.25) is 0 Å². The highest BCUT2D eigenvalue weighted by Gasteiger charge is 2.14. The number of aromatic nitrogens is 5. The van der Waals surface area contributed by atoms with Gasteiger partial charge in [-0.05, 0) is 19.1 Å². The highest BCUT2D eigenvalue weighted by atomic mass is 32.2. The number of hydrogen-bond acceptors (Lipinski definition) is 7. The van der Waals surface area contributed by atoms with Crippen LogP contribution in [0.25, 0.3) is 20.7 Å². The van der Waals surface area contributed by atoms with Gasteiger partial charge >= 0.3 is 0 Å². The summed E-state index contributed by atoms with van der Waals surface area (Å²) >= 11 is 4.69. The number of nitrogens with one attached hydrogen (secondary N) is 1. The maximum Gasteiger partial charge on any atom is 0.260 e. The summed E-state index contributed by atoms with van der Waals surface area (Å²) in [7, 11) is 1.89. The number of nitrogens with zero attached hydrogens (tertiary/aromatic N) is 4. The van der Waals surface area contributed by atoms with Crippen molar-refractivity contribution in [2.24, 2.45) is 7.05 Å². The monoisotopic (exact) mass is 375 g/mol. The van der Waals surface area contributed by atoms with Crippen LogP contribution in [0.4, 0.5) is 0 Å². The molecule has 6 nitrogen and oxygen atoms in total. The molecule has 24 heavy (non-hydrogen) atoms. The zero-order valence-corrected chi connectivity index (χ0v) is 15.4. The van der Waals surface area contributed by atoms with Crippen molar-refractivity contribution >= 4 is 44.7 Å². The highest BCUT2D eigenvalue weighted by molar-refractivity contribution is 7.98. The lowest BCUT2D eigenvalue weighted by Crippen LogP contribution is -2.10. The van der Waals surface area contributed by atoms with E-state index >= 15 is 0 Å². The van der Waals surface area contributed by atoms with Gasteiger partial charge in [-0.2, -0.15) is 0 Å². The topological polar surface area (TPSA) is 76.5 Å². The average molecular weight is 376 g/mol. The Bertz CT molecular complexity index is 1070. The van der Waals surface area contributed by atoms with E-state index in [9.17, 15) is 4.79 Å². The number of thioether (sulfide) groups is 1. The summed E-state index contributed by atoms with van der Waals surface area (Å²) in [4.78, 5) is 23.2. The SMILES string of the molecule is Cc1ccc(-c2csc3nc(CSc4nncn4C)[nH]c(=O)c23)s1. The van der Waals surface area contributed by atoms with Crippen molar-refractivity contribution in [2.45, 2.75) is 17.8 Å². The van der Waals surface area contributed by atoms with E-state index in [2.05, 4.69) is 39.2 Å². The fourth-order valence-electron chi connectivity index (χ4n) is 2.36. The molecule has 0 saturated carbocycles. The van der Waals surface area contributed by atoms with Gasteiger partial charge in [0, 0.05) is 27.7 Å². The molecule has 122 valence electrons. The summed E-state index contributed by atoms with van der Waals surface area (Å²) in [5.41, 5.74) is 0.880. The molecule has 0 aromatic carbocycles. The molecule has 0 amide bonds. The van der Waals surface area contributed by atoms with Gasteiger partial charge in [0.1, 0.15) is 17.0 Å². The van der Waals surface area contributed by atoms with Crippen LogP contribution in [-0.4, -0.2) is 24.7 Å². The van der Waals surface area contributed by atoms with Crippen molar-refractivity contribution in [1.29, 1.82) is 0 Å². The third kappa shape index (κ3) is 2.79. The minimum Gasteiger partial charge on any atom is -0.312 e. The highest BCUT2D eigenvalue weighted by Crippen LogP contribution is 2.35. The van der Waals surface area contributed by atoms with Gasteiger partial charge in [0.25, 0.3) is 5.56 Å². The Morgan fingerprint density at radius 1 is 1.38 bits per heavy atom. The molecule has 4 aromatic rings. The molecule has 0 spiro atoms. The molecule has 0 unspecified atom stereocenters. The normalized spacial score (nSPS) is 11.4. The number of thiophene rings is 2. The number of fused-ring (bicyclic) bond motifs is 1. The van der Waals surface area contributed by atoms with Crippen molar-refractivity contribution in [2.75, 3.05) is 0 Å². The molecule has 0 radical (unpaired) electrons. The smallest absolute Gasteiger partial charge is 0.260 e. The number of aryl methyl sites for hydroxylation is 2. The van der Waals surface area contributed by atoms with Gasteiger partial charge in [-0.25, -0.2) is 4.98 Å². The Morgan fingerprint density at radius 3 is 2.96 bits per heavy atom. The third-order valence-corrected chi connectivity index (χ3v) is 6.46. The van der Waals surface area contributed by atoms with Gasteiger partial charge in [0.15, 0.2) is 5.16 Å². The van der Waals surface area contributed by atoms with Crippen molar-refractivity contribution in [3.8, 4) is 10.4 Å². The summed E-state index contributed by atoms with van der Waals surface area (Å²) in [5.74, 6) is 1.19. The first kappa shape index (κ1) is 15.6. The summed E-state index contributed by atoms with van der Waals surface area (Å²) in [6, 6.07) is 4.12. The fraction of sp³-hybridized carbons (Fsp3) is 0.200. The third-order valence-electron chi connectivity index (χ3n) is 3.51. The summed E-state index contributed by atoms with van der Waals surface area (Å²) in [5, 5.41) is 11.3. The van der Waals surface area contributed by atoms with Crippen LogP contribution in [0.1, 0.15) is 10.7 Å². The van der Waals surface area contributed by atoms with E-state index in [4.69, 9.17) is 0 Å². The van der Waals surface area contributed by atoms with E-state index in [1.165, 1.54) is 28.0 Å². The predicted octanol–water partition coefficient (Wildman–Crippen LogP) is 3.44. The van der Waals surface area contributed by atoms with Crippen molar-refractivity contribution in [3.05, 3.63) is 44.9 Å². The number of rotatable bonds is 4. The Morgan fingerprint density at radius 2 is 2.25 bits per heavy atom. The largest absolute Gasteiger partial charge is 0.312 e. The van der Waals surface area contributed by atoms with Crippen LogP contribution in [0.15, 0.2) is 33.8 Å². The second-order valence-corrected chi connectivity index (χ2v) is 8.35. The lowest BCUT2D eigenvalue weighted by atomic mass is 10.2.